The molecule has 0 radical (unpaired) electrons. The highest BCUT2D eigenvalue weighted by molar-refractivity contribution is 5.93. The molecule has 19 heavy (non-hydrogen) atoms. The summed E-state index contributed by atoms with van der Waals surface area (Å²) in [5, 5.41) is 2.94. The molecule has 0 spiro atoms. The fourth-order valence-electron chi connectivity index (χ4n) is 2.05. The summed E-state index contributed by atoms with van der Waals surface area (Å²) in [5.74, 6) is 0.185. The van der Waals surface area contributed by atoms with Gasteiger partial charge >= 0.3 is 0 Å². The van der Waals surface area contributed by atoms with E-state index in [4.69, 9.17) is 5.73 Å². The van der Waals surface area contributed by atoms with Gasteiger partial charge in [-0.25, -0.2) is 0 Å². The molecule has 2 aromatic rings. The van der Waals surface area contributed by atoms with Crippen molar-refractivity contribution in [2.24, 2.45) is 7.05 Å². The van der Waals surface area contributed by atoms with E-state index in [-0.39, 0.29) is 11.8 Å². The second kappa shape index (κ2) is 5.61. The first-order valence-electron chi connectivity index (χ1n) is 6.33. The van der Waals surface area contributed by atoms with Gasteiger partial charge in [0, 0.05) is 19.8 Å². The van der Waals surface area contributed by atoms with Gasteiger partial charge in [-0.2, -0.15) is 0 Å². The van der Waals surface area contributed by atoms with Crippen LogP contribution in [0.5, 0.6) is 0 Å². The molecule has 0 fully saturated rings. The van der Waals surface area contributed by atoms with Crippen molar-refractivity contribution in [1.29, 1.82) is 0 Å². The lowest BCUT2D eigenvalue weighted by molar-refractivity contribution is 0.0943. The van der Waals surface area contributed by atoms with Gasteiger partial charge in [-0.3, -0.25) is 4.79 Å². The van der Waals surface area contributed by atoms with Gasteiger partial charge in [0.25, 0.3) is 5.91 Å². The topological polar surface area (TPSA) is 60.1 Å². The summed E-state index contributed by atoms with van der Waals surface area (Å²) < 4.78 is 1.73. The number of amides is 1. The van der Waals surface area contributed by atoms with E-state index in [1.54, 1.807) is 16.8 Å². The Morgan fingerprint density at radius 2 is 2.05 bits per heavy atom. The molecule has 100 valence electrons. The van der Waals surface area contributed by atoms with E-state index in [1.807, 2.05) is 25.2 Å². The largest absolute Gasteiger partial charge is 0.397 e. The van der Waals surface area contributed by atoms with Crippen molar-refractivity contribution in [3.05, 3.63) is 53.9 Å². The molecular weight excluding hydrogens is 238 g/mol. The number of nitrogens with two attached hydrogens (primary N) is 1. The molecule has 1 aromatic heterocycles. The maximum absolute atomic E-state index is 12.0. The van der Waals surface area contributed by atoms with E-state index in [1.165, 1.54) is 5.56 Å². The molecule has 1 amide bonds. The third-order valence-electron chi connectivity index (χ3n) is 3.20. The highest BCUT2D eigenvalue weighted by Crippen LogP contribution is 2.14. The SMILES string of the molecule is CC(CNC(=O)c1cc(N)cn1C)c1ccccc1. The number of nitrogens with zero attached hydrogens (tertiary/aromatic N) is 1. The van der Waals surface area contributed by atoms with Crippen molar-refractivity contribution in [2.45, 2.75) is 12.8 Å². The summed E-state index contributed by atoms with van der Waals surface area (Å²) >= 11 is 0. The number of rotatable bonds is 4. The predicted molar refractivity (Wildman–Crippen MR) is 77.0 cm³/mol. The van der Waals surface area contributed by atoms with Crippen LogP contribution in [0.4, 0.5) is 5.69 Å². The average Bonchev–Trinajstić information content (AvgIpc) is 2.75. The van der Waals surface area contributed by atoms with Crippen LogP contribution in [0.2, 0.25) is 0 Å². The van der Waals surface area contributed by atoms with Gasteiger partial charge in [0.1, 0.15) is 5.69 Å². The second-order valence-corrected chi connectivity index (χ2v) is 4.79. The molecule has 1 unspecified atom stereocenters. The summed E-state index contributed by atoms with van der Waals surface area (Å²) in [6.07, 6.45) is 1.73. The maximum Gasteiger partial charge on any atom is 0.267 e. The Balaban J connectivity index is 1.96. The summed E-state index contributed by atoms with van der Waals surface area (Å²) in [7, 11) is 1.81. The molecule has 1 atom stereocenters. The van der Waals surface area contributed by atoms with Crippen molar-refractivity contribution in [3.8, 4) is 0 Å². The number of nitrogen functional groups attached to an aromatic ring is 1. The molecular formula is C15H19N3O. The predicted octanol–water partition coefficient (Wildman–Crippen LogP) is 2.14. The molecule has 0 bridgehead atoms. The number of benzene rings is 1. The molecule has 1 aromatic carbocycles. The van der Waals surface area contributed by atoms with Gasteiger partial charge in [-0.15, -0.1) is 0 Å². The van der Waals surface area contributed by atoms with Gasteiger partial charge in [0.2, 0.25) is 0 Å². The molecule has 0 saturated heterocycles. The van der Waals surface area contributed by atoms with Crippen LogP contribution in [0.15, 0.2) is 42.6 Å². The van der Waals surface area contributed by atoms with Crippen LogP contribution in [-0.2, 0) is 7.05 Å². The zero-order valence-corrected chi connectivity index (χ0v) is 11.3. The Kier molecular flexibility index (Phi) is 3.90. The Morgan fingerprint density at radius 3 is 2.63 bits per heavy atom. The number of hydrogen-bond donors (Lipinski definition) is 2. The molecule has 0 aliphatic carbocycles. The van der Waals surface area contributed by atoms with Gasteiger partial charge in [-0.1, -0.05) is 37.3 Å². The lowest BCUT2D eigenvalue weighted by Gasteiger charge is -2.13. The fraction of sp³-hybridized carbons (Fsp3) is 0.267. The number of hydrogen-bond acceptors (Lipinski definition) is 2. The summed E-state index contributed by atoms with van der Waals surface area (Å²) in [6, 6.07) is 11.8. The standard InChI is InChI=1S/C15H19N3O/c1-11(12-6-4-3-5-7-12)9-17-15(19)14-8-13(16)10-18(14)2/h3-8,10-11H,9,16H2,1-2H3,(H,17,19). The third-order valence-corrected chi connectivity index (χ3v) is 3.20. The normalized spacial score (nSPS) is 12.1. The van der Waals surface area contributed by atoms with Gasteiger partial charge in [0.15, 0.2) is 0 Å². The van der Waals surface area contributed by atoms with Gasteiger partial charge in [0.05, 0.1) is 5.69 Å². The molecule has 0 aliphatic rings. The Labute approximate surface area is 113 Å². The molecule has 4 nitrogen and oxygen atoms in total. The second-order valence-electron chi connectivity index (χ2n) is 4.79. The van der Waals surface area contributed by atoms with Crippen molar-refractivity contribution in [3.63, 3.8) is 0 Å². The van der Waals surface area contributed by atoms with Crippen LogP contribution < -0.4 is 11.1 Å². The molecule has 0 saturated carbocycles. The average molecular weight is 257 g/mol. The van der Waals surface area contributed by atoms with Crippen molar-refractivity contribution in [1.82, 2.24) is 9.88 Å². The van der Waals surface area contributed by atoms with Crippen LogP contribution in [0.3, 0.4) is 0 Å². The van der Waals surface area contributed by atoms with Crippen LogP contribution in [0.1, 0.15) is 28.9 Å². The molecule has 3 N–H and O–H groups in total. The van der Waals surface area contributed by atoms with Gasteiger partial charge < -0.3 is 15.6 Å². The molecule has 2 rings (SSSR count). The minimum atomic E-state index is -0.0954. The number of carbonyl (C=O) groups excluding carboxylic acids is 1. The first kappa shape index (κ1) is 13.2. The lowest BCUT2D eigenvalue weighted by atomic mass is 10.0. The van der Waals surface area contributed by atoms with E-state index in [9.17, 15) is 4.79 Å². The number of nitrogens with one attached hydrogen (secondary N) is 1. The van der Waals surface area contributed by atoms with E-state index in [0.29, 0.717) is 17.9 Å². The maximum atomic E-state index is 12.0. The van der Waals surface area contributed by atoms with E-state index < -0.39 is 0 Å². The monoisotopic (exact) mass is 257 g/mol. The van der Waals surface area contributed by atoms with Crippen LogP contribution in [0, 0.1) is 0 Å². The lowest BCUT2D eigenvalue weighted by Crippen LogP contribution is -2.28. The highest BCUT2D eigenvalue weighted by Gasteiger charge is 2.12. The Bertz CT molecular complexity index is 560. The van der Waals surface area contributed by atoms with E-state index in [2.05, 4.69) is 24.4 Å². The third kappa shape index (κ3) is 3.16. The number of aryl methyl sites for hydroxylation is 1. The zero-order chi connectivity index (χ0) is 13.8. The summed E-state index contributed by atoms with van der Waals surface area (Å²) in [6.45, 7) is 2.70. The smallest absolute Gasteiger partial charge is 0.267 e. The number of carbonyl (C=O) groups is 1. The first-order valence-corrected chi connectivity index (χ1v) is 6.33. The molecule has 0 aliphatic heterocycles. The fourth-order valence-corrected chi connectivity index (χ4v) is 2.05. The van der Waals surface area contributed by atoms with Crippen molar-refractivity contribution >= 4 is 11.6 Å². The van der Waals surface area contributed by atoms with Crippen molar-refractivity contribution in [2.75, 3.05) is 12.3 Å². The quantitative estimate of drug-likeness (QED) is 0.881. The minimum Gasteiger partial charge on any atom is -0.397 e. The molecule has 1 heterocycles. The minimum absolute atomic E-state index is 0.0954. The van der Waals surface area contributed by atoms with E-state index >= 15 is 0 Å². The molecule has 4 heteroatoms. The highest BCUT2D eigenvalue weighted by atomic mass is 16.1. The van der Waals surface area contributed by atoms with E-state index in [0.717, 1.165) is 0 Å². The summed E-state index contributed by atoms with van der Waals surface area (Å²) in [5.41, 5.74) is 8.06. The Morgan fingerprint density at radius 1 is 1.37 bits per heavy atom. The summed E-state index contributed by atoms with van der Waals surface area (Å²) in [4.78, 5) is 12.0. The Hall–Kier alpha value is -2.23. The zero-order valence-electron chi connectivity index (χ0n) is 11.3. The van der Waals surface area contributed by atoms with Crippen molar-refractivity contribution < 1.29 is 4.79 Å². The van der Waals surface area contributed by atoms with Gasteiger partial charge in [-0.05, 0) is 17.5 Å². The number of anilines is 1. The van der Waals surface area contributed by atoms with Crippen LogP contribution in [-0.4, -0.2) is 17.0 Å². The first-order chi connectivity index (χ1) is 9.08. The number of aromatic nitrogens is 1. The van der Waals surface area contributed by atoms with Crippen LogP contribution in [0.25, 0.3) is 0 Å². The van der Waals surface area contributed by atoms with Crippen LogP contribution >= 0.6 is 0 Å².